The third kappa shape index (κ3) is 4.73. The van der Waals surface area contributed by atoms with Gasteiger partial charge in [-0.2, -0.15) is 0 Å². The Bertz CT molecular complexity index is 1460. The van der Waals surface area contributed by atoms with Crippen molar-refractivity contribution in [3.8, 4) is 0 Å². The molecule has 35 heavy (non-hydrogen) atoms. The van der Waals surface area contributed by atoms with E-state index in [9.17, 15) is 14.4 Å². The maximum Gasteiger partial charge on any atom is 0.306 e. The van der Waals surface area contributed by atoms with Crippen molar-refractivity contribution in [2.24, 2.45) is 0 Å². The molecule has 5 rings (SSSR count). The second-order valence-corrected chi connectivity index (χ2v) is 10.0. The second-order valence-electron chi connectivity index (χ2n) is 8.94. The van der Waals surface area contributed by atoms with Gasteiger partial charge < -0.3 is 18.7 Å². The van der Waals surface area contributed by atoms with E-state index in [1.807, 2.05) is 30.5 Å². The number of Topliss-reactive ketones (excluding diaryl/α,β-unsaturated/α-hetero) is 1. The summed E-state index contributed by atoms with van der Waals surface area (Å²) in [4.78, 5) is 47.1. The van der Waals surface area contributed by atoms with E-state index in [0.29, 0.717) is 23.3 Å². The fraction of sp³-hybridized carbons (Fsp3) is 0.385. The molecule has 4 heterocycles. The molecule has 1 aliphatic rings. The number of aromatic nitrogens is 3. The lowest BCUT2D eigenvalue weighted by atomic mass is 9.97. The van der Waals surface area contributed by atoms with Gasteiger partial charge in [-0.1, -0.05) is 0 Å². The Balaban J connectivity index is 1.19. The number of rotatable bonds is 8. The maximum atomic E-state index is 12.7. The van der Waals surface area contributed by atoms with E-state index in [1.54, 1.807) is 23.7 Å². The molecule has 0 aromatic carbocycles. The number of ether oxygens (including phenoxy) is 1. The van der Waals surface area contributed by atoms with Crippen LogP contribution >= 0.6 is 11.3 Å². The molecule has 0 saturated carbocycles. The fourth-order valence-electron chi connectivity index (χ4n) is 4.73. The van der Waals surface area contributed by atoms with Crippen molar-refractivity contribution < 1.29 is 18.7 Å². The van der Waals surface area contributed by atoms with Gasteiger partial charge in [-0.25, -0.2) is 4.98 Å². The third-order valence-electron chi connectivity index (χ3n) is 6.57. The number of nitrogens with zero attached hydrogens (tertiary/aromatic N) is 2. The van der Waals surface area contributed by atoms with Crippen molar-refractivity contribution >= 4 is 33.3 Å². The average Bonchev–Trinajstić information content (AvgIpc) is 3.55. The highest BCUT2D eigenvalue weighted by molar-refractivity contribution is 7.18. The van der Waals surface area contributed by atoms with Gasteiger partial charge in [0.05, 0.1) is 24.6 Å². The molecule has 0 amide bonds. The van der Waals surface area contributed by atoms with Gasteiger partial charge in [0.2, 0.25) is 5.78 Å². The molecule has 4 aromatic heterocycles. The van der Waals surface area contributed by atoms with Gasteiger partial charge in [-0.3, -0.25) is 14.4 Å². The van der Waals surface area contributed by atoms with Crippen molar-refractivity contribution in [2.45, 2.75) is 58.9 Å². The molecule has 0 unspecified atom stereocenters. The van der Waals surface area contributed by atoms with Gasteiger partial charge in [0.15, 0.2) is 6.61 Å². The van der Waals surface area contributed by atoms with Crippen LogP contribution in [0.1, 0.15) is 63.0 Å². The molecule has 0 atom stereocenters. The van der Waals surface area contributed by atoms with E-state index in [0.717, 1.165) is 53.2 Å². The molecule has 0 bridgehead atoms. The zero-order valence-corrected chi connectivity index (χ0v) is 20.6. The van der Waals surface area contributed by atoms with Crippen molar-refractivity contribution in [2.75, 3.05) is 6.61 Å². The first-order valence-corrected chi connectivity index (χ1v) is 12.6. The minimum atomic E-state index is -0.504. The lowest BCUT2D eigenvalue weighted by molar-refractivity contribution is -0.142. The monoisotopic (exact) mass is 493 g/mol. The number of hydrogen-bond donors (Lipinski definition) is 1. The first-order chi connectivity index (χ1) is 16.9. The summed E-state index contributed by atoms with van der Waals surface area (Å²) in [6.45, 7) is 3.99. The highest BCUT2D eigenvalue weighted by Gasteiger charge is 2.21. The number of esters is 1. The number of hydrogen-bond acceptors (Lipinski definition) is 7. The molecule has 0 saturated heterocycles. The van der Waals surface area contributed by atoms with E-state index < -0.39 is 5.97 Å². The number of aryl methyl sites for hydroxylation is 4. The van der Waals surface area contributed by atoms with Crippen LogP contribution in [-0.4, -0.2) is 32.9 Å². The van der Waals surface area contributed by atoms with Crippen LogP contribution in [-0.2, 0) is 35.3 Å². The Labute approximate surface area is 205 Å². The Hall–Kier alpha value is -3.46. The predicted octanol–water partition coefficient (Wildman–Crippen LogP) is 4.28. The zero-order valence-electron chi connectivity index (χ0n) is 19.8. The largest absolute Gasteiger partial charge is 0.467 e. The molecule has 0 radical (unpaired) electrons. The van der Waals surface area contributed by atoms with Gasteiger partial charge in [0.25, 0.3) is 5.56 Å². The highest BCUT2D eigenvalue weighted by atomic mass is 32.1. The summed E-state index contributed by atoms with van der Waals surface area (Å²) < 4.78 is 12.6. The number of carbonyl (C=O) groups excluding carboxylic acids is 2. The Morgan fingerprint density at radius 2 is 2.09 bits per heavy atom. The van der Waals surface area contributed by atoms with Crippen LogP contribution in [0.25, 0.3) is 10.2 Å². The summed E-state index contributed by atoms with van der Waals surface area (Å²) in [6.07, 6.45) is 6.05. The minimum Gasteiger partial charge on any atom is -0.467 e. The van der Waals surface area contributed by atoms with Crippen LogP contribution in [0.15, 0.2) is 33.7 Å². The molecule has 4 aromatic rings. The van der Waals surface area contributed by atoms with Gasteiger partial charge in [-0.05, 0) is 63.3 Å². The summed E-state index contributed by atoms with van der Waals surface area (Å²) in [5.74, 6) is 0.501. The van der Waals surface area contributed by atoms with Gasteiger partial charge in [-0.15, -0.1) is 11.3 Å². The van der Waals surface area contributed by atoms with E-state index in [1.165, 1.54) is 4.88 Å². The summed E-state index contributed by atoms with van der Waals surface area (Å²) in [6, 6.07) is 5.51. The van der Waals surface area contributed by atoms with Crippen LogP contribution in [0.4, 0.5) is 0 Å². The average molecular weight is 494 g/mol. The van der Waals surface area contributed by atoms with E-state index in [-0.39, 0.29) is 30.8 Å². The molecule has 0 spiro atoms. The van der Waals surface area contributed by atoms with Crippen LogP contribution in [0.2, 0.25) is 0 Å². The molecule has 182 valence electrons. The zero-order chi connectivity index (χ0) is 24.5. The summed E-state index contributed by atoms with van der Waals surface area (Å²) in [7, 11) is 0. The number of fused-ring (bicyclic) bond motifs is 3. The predicted molar refractivity (Wildman–Crippen MR) is 132 cm³/mol. The minimum absolute atomic E-state index is 0.0321. The molecular formula is C26H27N3O5S. The van der Waals surface area contributed by atoms with E-state index >= 15 is 0 Å². The number of furan rings is 1. The number of H-pyrrole nitrogens is 1. The first-order valence-electron chi connectivity index (χ1n) is 11.8. The summed E-state index contributed by atoms with van der Waals surface area (Å²) >= 11 is 1.58. The molecule has 0 aliphatic heterocycles. The number of thiophene rings is 1. The number of nitrogens with one attached hydrogen (secondary N) is 1. The van der Waals surface area contributed by atoms with Crippen molar-refractivity contribution in [3.63, 3.8) is 0 Å². The molecule has 9 heteroatoms. The van der Waals surface area contributed by atoms with Crippen molar-refractivity contribution in [3.05, 3.63) is 73.8 Å². The number of aromatic amines is 1. The second kappa shape index (κ2) is 9.65. The van der Waals surface area contributed by atoms with E-state index in [4.69, 9.17) is 9.15 Å². The lowest BCUT2D eigenvalue weighted by Crippen LogP contribution is -2.17. The van der Waals surface area contributed by atoms with Crippen LogP contribution < -0.4 is 5.56 Å². The standard InChI is InChI=1S/C26H27N3O5S/c1-15-12-19(16(2)29(15)13-17-6-5-11-33-17)20(30)14-34-23(31)10-9-22-27-25(32)24-18-7-3-4-8-21(18)35-26(24)28-22/h5-6,11-12H,3-4,7-10,13-14H2,1-2H3,(H,27,28,32). The fourth-order valence-corrected chi connectivity index (χ4v) is 6.01. The van der Waals surface area contributed by atoms with Gasteiger partial charge in [0.1, 0.15) is 16.4 Å². The SMILES string of the molecule is Cc1cc(C(=O)COC(=O)CCc2nc3sc4c(c3c(=O)[nH]2)CCCC4)c(C)n1Cc1ccco1. The highest BCUT2D eigenvalue weighted by Crippen LogP contribution is 2.33. The Kier molecular flexibility index (Phi) is 6.42. The topological polar surface area (TPSA) is 107 Å². The van der Waals surface area contributed by atoms with Crippen LogP contribution in [0, 0.1) is 13.8 Å². The first kappa shape index (κ1) is 23.3. The molecule has 1 N–H and O–H groups in total. The quantitative estimate of drug-likeness (QED) is 0.290. The third-order valence-corrected chi connectivity index (χ3v) is 7.76. The van der Waals surface area contributed by atoms with Crippen molar-refractivity contribution in [1.29, 1.82) is 0 Å². The lowest BCUT2D eigenvalue weighted by Gasteiger charge is -2.09. The smallest absolute Gasteiger partial charge is 0.306 e. The maximum absolute atomic E-state index is 12.7. The summed E-state index contributed by atoms with van der Waals surface area (Å²) in [5.41, 5.74) is 3.25. The van der Waals surface area contributed by atoms with Crippen molar-refractivity contribution in [1.82, 2.24) is 14.5 Å². The molecule has 0 fully saturated rings. The van der Waals surface area contributed by atoms with Gasteiger partial charge >= 0.3 is 5.97 Å². The summed E-state index contributed by atoms with van der Waals surface area (Å²) in [5, 5.41) is 0.700. The van der Waals surface area contributed by atoms with E-state index in [2.05, 4.69) is 9.97 Å². The molecule has 8 nitrogen and oxygen atoms in total. The normalized spacial score (nSPS) is 13.2. The Morgan fingerprint density at radius 3 is 2.89 bits per heavy atom. The number of carbonyl (C=O) groups is 2. The Morgan fingerprint density at radius 1 is 1.26 bits per heavy atom. The molecule has 1 aliphatic carbocycles. The van der Waals surface area contributed by atoms with Crippen LogP contribution in [0.5, 0.6) is 0 Å². The molecular weight excluding hydrogens is 466 g/mol. The number of ketones is 1. The van der Waals surface area contributed by atoms with Gasteiger partial charge in [0, 0.05) is 28.2 Å². The van der Waals surface area contributed by atoms with Crippen LogP contribution in [0.3, 0.4) is 0 Å².